The molecule has 3 rings (SSSR count). The number of nitro benzene ring substituents is 1. The first-order valence-corrected chi connectivity index (χ1v) is 6.80. The standard InChI is InChI=1S/C13H17N5O2/c14-9-3-1-2-4-10(9)15-13-16-11-6-5-8(18(19)20)7-12(11)17-13/h5-7,9-10H,1-4,14H2,(H2,15,16,17)/t9-,10-/m0/s1. The Kier molecular flexibility index (Phi) is 3.27. The molecule has 7 nitrogen and oxygen atoms in total. The summed E-state index contributed by atoms with van der Waals surface area (Å²) in [4.78, 5) is 17.8. The van der Waals surface area contributed by atoms with Crippen LogP contribution in [0.5, 0.6) is 0 Å². The van der Waals surface area contributed by atoms with Crippen LogP contribution in [-0.4, -0.2) is 27.0 Å². The lowest BCUT2D eigenvalue weighted by molar-refractivity contribution is -0.384. The predicted octanol–water partition coefficient (Wildman–Crippen LogP) is 2.15. The summed E-state index contributed by atoms with van der Waals surface area (Å²) in [5, 5.41) is 14.1. The SMILES string of the molecule is N[C@H]1CCCC[C@@H]1Nc1nc2ccc([N+](=O)[O-])cc2[nH]1. The molecule has 0 saturated heterocycles. The fourth-order valence-electron chi connectivity index (χ4n) is 2.69. The quantitative estimate of drug-likeness (QED) is 0.587. The van der Waals surface area contributed by atoms with Gasteiger partial charge in [0.2, 0.25) is 5.95 Å². The van der Waals surface area contributed by atoms with E-state index in [0.717, 1.165) is 19.3 Å². The van der Waals surface area contributed by atoms with Crippen LogP contribution in [0.2, 0.25) is 0 Å². The van der Waals surface area contributed by atoms with Crippen molar-refractivity contribution >= 4 is 22.7 Å². The van der Waals surface area contributed by atoms with Crippen molar-refractivity contribution in [3.63, 3.8) is 0 Å². The van der Waals surface area contributed by atoms with E-state index in [2.05, 4.69) is 15.3 Å². The topological polar surface area (TPSA) is 110 Å². The highest BCUT2D eigenvalue weighted by molar-refractivity contribution is 5.79. The number of imidazole rings is 1. The molecular weight excluding hydrogens is 258 g/mol. The van der Waals surface area contributed by atoms with Gasteiger partial charge in [-0.05, 0) is 18.9 Å². The molecule has 0 radical (unpaired) electrons. The highest BCUT2D eigenvalue weighted by Crippen LogP contribution is 2.23. The second-order valence-electron chi connectivity index (χ2n) is 5.24. The van der Waals surface area contributed by atoms with Gasteiger partial charge in [-0.1, -0.05) is 12.8 Å². The lowest BCUT2D eigenvalue weighted by Gasteiger charge is -2.29. The van der Waals surface area contributed by atoms with Gasteiger partial charge < -0.3 is 16.0 Å². The van der Waals surface area contributed by atoms with Crippen molar-refractivity contribution in [3.8, 4) is 0 Å². The van der Waals surface area contributed by atoms with E-state index in [-0.39, 0.29) is 17.8 Å². The van der Waals surface area contributed by atoms with Crippen molar-refractivity contribution in [2.75, 3.05) is 5.32 Å². The van der Waals surface area contributed by atoms with Crippen LogP contribution < -0.4 is 11.1 Å². The molecule has 0 bridgehead atoms. The maximum Gasteiger partial charge on any atom is 0.271 e. The minimum absolute atomic E-state index is 0.0575. The fraction of sp³-hybridized carbons (Fsp3) is 0.462. The van der Waals surface area contributed by atoms with Crippen LogP contribution >= 0.6 is 0 Å². The number of nitrogens with two attached hydrogens (primary N) is 1. The van der Waals surface area contributed by atoms with E-state index in [0.29, 0.717) is 17.0 Å². The van der Waals surface area contributed by atoms with Gasteiger partial charge in [-0.15, -0.1) is 0 Å². The Morgan fingerprint density at radius 3 is 2.95 bits per heavy atom. The van der Waals surface area contributed by atoms with Gasteiger partial charge in [0.15, 0.2) is 0 Å². The van der Waals surface area contributed by atoms with Gasteiger partial charge in [0.1, 0.15) is 0 Å². The van der Waals surface area contributed by atoms with Crippen molar-refractivity contribution in [1.29, 1.82) is 0 Å². The minimum Gasteiger partial charge on any atom is -0.352 e. The molecule has 1 fully saturated rings. The third-order valence-corrected chi connectivity index (χ3v) is 3.82. The number of aromatic amines is 1. The van der Waals surface area contributed by atoms with Gasteiger partial charge in [0, 0.05) is 24.2 Å². The van der Waals surface area contributed by atoms with E-state index in [9.17, 15) is 10.1 Å². The summed E-state index contributed by atoms with van der Waals surface area (Å²) < 4.78 is 0. The molecule has 1 heterocycles. The molecule has 20 heavy (non-hydrogen) atoms. The molecule has 1 aromatic heterocycles. The van der Waals surface area contributed by atoms with Crippen molar-refractivity contribution in [2.45, 2.75) is 37.8 Å². The number of nitrogens with zero attached hydrogens (tertiary/aromatic N) is 2. The van der Waals surface area contributed by atoms with Gasteiger partial charge in [-0.3, -0.25) is 10.1 Å². The van der Waals surface area contributed by atoms with Crippen LogP contribution in [0, 0.1) is 10.1 Å². The molecular formula is C13H17N5O2. The smallest absolute Gasteiger partial charge is 0.271 e. The maximum atomic E-state index is 10.8. The van der Waals surface area contributed by atoms with Gasteiger partial charge in [0.05, 0.1) is 16.0 Å². The monoisotopic (exact) mass is 275 g/mol. The average molecular weight is 275 g/mol. The first-order chi connectivity index (χ1) is 9.63. The number of H-pyrrole nitrogens is 1. The number of non-ortho nitro benzene ring substituents is 1. The molecule has 0 spiro atoms. The third kappa shape index (κ3) is 2.44. The molecule has 1 aromatic carbocycles. The molecule has 1 aliphatic carbocycles. The number of aromatic nitrogens is 2. The minimum atomic E-state index is -0.412. The second-order valence-corrected chi connectivity index (χ2v) is 5.24. The van der Waals surface area contributed by atoms with Crippen LogP contribution in [0.3, 0.4) is 0 Å². The third-order valence-electron chi connectivity index (χ3n) is 3.82. The molecule has 0 amide bonds. The van der Waals surface area contributed by atoms with Crippen LogP contribution in [0.1, 0.15) is 25.7 Å². The van der Waals surface area contributed by atoms with Crippen molar-refractivity contribution < 1.29 is 4.92 Å². The number of benzene rings is 1. The number of anilines is 1. The van der Waals surface area contributed by atoms with E-state index >= 15 is 0 Å². The largest absolute Gasteiger partial charge is 0.352 e. The lowest BCUT2D eigenvalue weighted by Crippen LogP contribution is -2.42. The molecule has 106 valence electrons. The summed E-state index contributed by atoms with van der Waals surface area (Å²) in [5.74, 6) is 0.628. The molecule has 0 unspecified atom stereocenters. The van der Waals surface area contributed by atoms with E-state index in [1.165, 1.54) is 18.6 Å². The highest BCUT2D eigenvalue weighted by atomic mass is 16.6. The highest BCUT2D eigenvalue weighted by Gasteiger charge is 2.22. The molecule has 1 saturated carbocycles. The summed E-state index contributed by atoms with van der Waals surface area (Å²) >= 11 is 0. The maximum absolute atomic E-state index is 10.8. The molecule has 4 N–H and O–H groups in total. The molecule has 0 aliphatic heterocycles. The van der Waals surface area contributed by atoms with Crippen LogP contribution in [0.15, 0.2) is 18.2 Å². The van der Waals surface area contributed by atoms with E-state index < -0.39 is 4.92 Å². The summed E-state index contributed by atoms with van der Waals surface area (Å²) in [6.45, 7) is 0. The van der Waals surface area contributed by atoms with Crippen LogP contribution in [0.25, 0.3) is 11.0 Å². The van der Waals surface area contributed by atoms with E-state index in [1.807, 2.05) is 0 Å². The van der Waals surface area contributed by atoms with E-state index in [1.54, 1.807) is 6.07 Å². The number of nitrogens with one attached hydrogen (secondary N) is 2. The van der Waals surface area contributed by atoms with Crippen molar-refractivity contribution in [2.24, 2.45) is 5.73 Å². The zero-order valence-electron chi connectivity index (χ0n) is 11.0. The van der Waals surface area contributed by atoms with Gasteiger partial charge in [0.25, 0.3) is 5.69 Å². The van der Waals surface area contributed by atoms with Gasteiger partial charge in [-0.2, -0.15) is 0 Å². The normalized spacial score (nSPS) is 22.9. The predicted molar refractivity (Wildman–Crippen MR) is 76.6 cm³/mol. The number of nitro groups is 1. The summed E-state index contributed by atoms with van der Waals surface area (Å²) in [6.07, 6.45) is 4.38. The molecule has 2 aromatic rings. The number of hydrogen-bond donors (Lipinski definition) is 3. The lowest BCUT2D eigenvalue weighted by atomic mass is 9.91. The molecule has 7 heteroatoms. The first-order valence-electron chi connectivity index (χ1n) is 6.80. The number of rotatable bonds is 3. The molecule has 2 atom stereocenters. The Hall–Kier alpha value is -2.15. The average Bonchev–Trinajstić information content (AvgIpc) is 2.82. The Morgan fingerprint density at radius 2 is 2.20 bits per heavy atom. The second kappa shape index (κ2) is 5.09. The van der Waals surface area contributed by atoms with Crippen molar-refractivity contribution in [3.05, 3.63) is 28.3 Å². The Balaban J connectivity index is 1.83. The van der Waals surface area contributed by atoms with Crippen molar-refractivity contribution in [1.82, 2.24) is 9.97 Å². The summed E-state index contributed by atoms with van der Waals surface area (Å²) in [5.41, 5.74) is 7.52. The van der Waals surface area contributed by atoms with Crippen LogP contribution in [0.4, 0.5) is 11.6 Å². The molecule has 1 aliphatic rings. The van der Waals surface area contributed by atoms with Gasteiger partial charge >= 0.3 is 0 Å². The fourth-order valence-corrected chi connectivity index (χ4v) is 2.69. The Labute approximate surface area is 115 Å². The Bertz CT molecular complexity index is 639. The summed E-state index contributed by atoms with van der Waals surface area (Å²) in [6, 6.07) is 4.94. The zero-order valence-corrected chi connectivity index (χ0v) is 11.0. The van der Waals surface area contributed by atoms with Crippen LogP contribution in [-0.2, 0) is 0 Å². The number of hydrogen-bond acceptors (Lipinski definition) is 5. The van der Waals surface area contributed by atoms with E-state index in [4.69, 9.17) is 5.73 Å². The first kappa shape index (κ1) is 12.9. The summed E-state index contributed by atoms with van der Waals surface area (Å²) in [7, 11) is 0. The Morgan fingerprint density at radius 1 is 1.40 bits per heavy atom. The zero-order chi connectivity index (χ0) is 14.1. The van der Waals surface area contributed by atoms with Gasteiger partial charge in [-0.25, -0.2) is 4.98 Å². The number of fused-ring (bicyclic) bond motifs is 1.